The molecule has 0 radical (unpaired) electrons. The van der Waals surface area contributed by atoms with E-state index in [1.54, 1.807) is 26.4 Å². The molecule has 0 saturated carbocycles. The standard InChI is InChI=1S/C16H25FN2O2/c1-11(16-14(17)5-4-6-15(16)21-3)19-8-7-13(20-2)9-12(19)10-18/h4-6,11-13H,7-10,18H2,1-3H3. The van der Waals surface area contributed by atoms with Crippen molar-refractivity contribution in [2.75, 3.05) is 27.3 Å². The number of nitrogens with two attached hydrogens (primary N) is 1. The lowest BCUT2D eigenvalue weighted by Crippen LogP contribution is -2.49. The van der Waals surface area contributed by atoms with Gasteiger partial charge in [-0.3, -0.25) is 4.90 Å². The van der Waals surface area contributed by atoms with Crippen LogP contribution in [0, 0.1) is 5.82 Å². The molecule has 1 heterocycles. The Morgan fingerprint density at radius 3 is 2.81 bits per heavy atom. The summed E-state index contributed by atoms with van der Waals surface area (Å²) >= 11 is 0. The van der Waals surface area contributed by atoms with E-state index in [-0.39, 0.29) is 24.0 Å². The van der Waals surface area contributed by atoms with E-state index in [1.807, 2.05) is 6.92 Å². The number of rotatable bonds is 5. The summed E-state index contributed by atoms with van der Waals surface area (Å²) in [5.74, 6) is 0.360. The van der Waals surface area contributed by atoms with Crippen molar-refractivity contribution in [3.8, 4) is 5.75 Å². The van der Waals surface area contributed by atoms with Gasteiger partial charge in [0.05, 0.1) is 13.2 Å². The van der Waals surface area contributed by atoms with E-state index in [4.69, 9.17) is 15.2 Å². The average Bonchev–Trinajstić information content (AvgIpc) is 2.53. The predicted molar refractivity (Wildman–Crippen MR) is 80.9 cm³/mol. The maximum absolute atomic E-state index is 14.3. The Kier molecular flexibility index (Phi) is 5.56. The van der Waals surface area contributed by atoms with Crippen LogP contribution in [0.1, 0.15) is 31.4 Å². The van der Waals surface area contributed by atoms with Crippen molar-refractivity contribution in [3.05, 3.63) is 29.6 Å². The molecule has 0 aromatic heterocycles. The monoisotopic (exact) mass is 296 g/mol. The Hall–Kier alpha value is -1.17. The lowest BCUT2D eigenvalue weighted by atomic mass is 9.94. The maximum atomic E-state index is 14.3. The minimum Gasteiger partial charge on any atom is -0.496 e. The van der Waals surface area contributed by atoms with Gasteiger partial charge in [0.2, 0.25) is 0 Å². The van der Waals surface area contributed by atoms with Gasteiger partial charge in [0.25, 0.3) is 0 Å². The van der Waals surface area contributed by atoms with E-state index >= 15 is 0 Å². The van der Waals surface area contributed by atoms with E-state index in [0.717, 1.165) is 19.4 Å². The first-order valence-corrected chi connectivity index (χ1v) is 7.43. The van der Waals surface area contributed by atoms with Gasteiger partial charge in [-0.2, -0.15) is 0 Å². The summed E-state index contributed by atoms with van der Waals surface area (Å²) in [5.41, 5.74) is 6.52. The molecule has 0 aliphatic carbocycles. The Balaban J connectivity index is 2.25. The van der Waals surface area contributed by atoms with Gasteiger partial charge in [0.15, 0.2) is 0 Å². The number of hydrogen-bond acceptors (Lipinski definition) is 4. The molecule has 3 unspecified atom stereocenters. The molecule has 2 N–H and O–H groups in total. The number of hydrogen-bond donors (Lipinski definition) is 1. The highest BCUT2D eigenvalue weighted by molar-refractivity contribution is 5.37. The first-order valence-electron chi connectivity index (χ1n) is 7.43. The lowest BCUT2D eigenvalue weighted by Gasteiger charge is -2.42. The van der Waals surface area contributed by atoms with Crippen molar-refractivity contribution in [1.29, 1.82) is 0 Å². The lowest BCUT2D eigenvalue weighted by molar-refractivity contribution is -0.00249. The minimum atomic E-state index is -0.230. The second-order valence-electron chi connectivity index (χ2n) is 5.54. The van der Waals surface area contributed by atoms with Crippen LogP contribution in [0.25, 0.3) is 0 Å². The predicted octanol–water partition coefficient (Wildman–Crippen LogP) is 2.33. The Labute approximate surface area is 126 Å². The van der Waals surface area contributed by atoms with E-state index in [2.05, 4.69) is 4.90 Å². The molecular formula is C16H25FN2O2. The molecule has 0 bridgehead atoms. The van der Waals surface area contributed by atoms with Crippen LogP contribution < -0.4 is 10.5 Å². The van der Waals surface area contributed by atoms with Crippen molar-refractivity contribution >= 4 is 0 Å². The topological polar surface area (TPSA) is 47.7 Å². The van der Waals surface area contributed by atoms with Crippen LogP contribution in [0.15, 0.2) is 18.2 Å². The molecule has 0 spiro atoms. The molecule has 1 saturated heterocycles. The number of halogens is 1. The molecule has 3 atom stereocenters. The minimum absolute atomic E-state index is 0.0764. The highest BCUT2D eigenvalue weighted by Gasteiger charge is 2.33. The number of likely N-dealkylation sites (tertiary alicyclic amines) is 1. The van der Waals surface area contributed by atoms with Crippen LogP contribution in [0.4, 0.5) is 4.39 Å². The zero-order chi connectivity index (χ0) is 15.4. The molecule has 0 amide bonds. The largest absolute Gasteiger partial charge is 0.496 e. The van der Waals surface area contributed by atoms with Gasteiger partial charge in [0.1, 0.15) is 11.6 Å². The highest BCUT2D eigenvalue weighted by Crippen LogP contribution is 2.35. The van der Waals surface area contributed by atoms with Gasteiger partial charge in [-0.05, 0) is 31.9 Å². The molecule has 5 heteroatoms. The van der Waals surface area contributed by atoms with Gasteiger partial charge in [-0.1, -0.05) is 6.07 Å². The number of benzene rings is 1. The third kappa shape index (κ3) is 3.36. The second kappa shape index (κ2) is 7.20. The fourth-order valence-electron chi connectivity index (χ4n) is 3.25. The van der Waals surface area contributed by atoms with Gasteiger partial charge < -0.3 is 15.2 Å². The SMILES string of the molecule is COc1cccc(F)c1C(C)N1CCC(OC)CC1CN. The highest BCUT2D eigenvalue weighted by atomic mass is 19.1. The van der Waals surface area contributed by atoms with Gasteiger partial charge in [-0.15, -0.1) is 0 Å². The molecule has 1 aliphatic rings. The van der Waals surface area contributed by atoms with Crippen LogP contribution in [0.2, 0.25) is 0 Å². The Morgan fingerprint density at radius 1 is 1.43 bits per heavy atom. The van der Waals surface area contributed by atoms with Crippen LogP contribution in [0.5, 0.6) is 5.75 Å². The van der Waals surface area contributed by atoms with E-state index in [9.17, 15) is 4.39 Å². The van der Waals surface area contributed by atoms with Crippen LogP contribution in [-0.4, -0.2) is 44.4 Å². The maximum Gasteiger partial charge on any atom is 0.131 e. The fourth-order valence-corrected chi connectivity index (χ4v) is 3.25. The van der Waals surface area contributed by atoms with Crippen LogP contribution in [0.3, 0.4) is 0 Å². The van der Waals surface area contributed by atoms with E-state index < -0.39 is 0 Å². The number of ether oxygens (including phenoxy) is 2. The van der Waals surface area contributed by atoms with Crippen LogP contribution >= 0.6 is 0 Å². The van der Waals surface area contributed by atoms with Crippen molar-refractivity contribution in [2.24, 2.45) is 5.73 Å². The third-order valence-electron chi connectivity index (χ3n) is 4.47. The molecule has 1 aliphatic heterocycles. The second-order valence-corrected chi connectivity index (χ2v) is 5.54. The zero-order valence-corrected chi connectivity index (χ0v) is 13.0. The molecule has 4 nitrogen and oxygen atoms in total. The molecule has 1 aromatic carbocycles. The number of piperidine rings is 1. The molecule has 1 fully saturated rings. The van der Waals surface area contributed by atoms with E-state index in [0.29, 0.717) is 17.9 Å². The zero-order valence-electron chi connectivity index (χ0n) is 13.0. The molecular weight excluding hydrogens is 271 g/mol. The smallest absolute Gasteiger partial charge is 0.131 e. The Morgan fingerprint density at radius 2 is 2.19 bits per heavy atom. The first-order chi connectivity index (χ1) is 10.1. The molecule has 2 rings (SSSR count). The molecule has 21 heavy (non-hydrogen) atoms. The van der Waals surface area contributed by atoms with Crippen molar-refractivity contribution < 1.29 is 13.9 Å². The van der Waals surface area contributed by atoms with E-state index in [1.165, 1.54) is 6.07 Å². The van der Waals surface area contributed by atoms with Crippen molar-refractivity contribution in [1.82, 2.24) is 4.90 Å². The quantitative estimate of drug-likeness (QED) is 0.906. The molecule has 1 aromatic rings. The first kappa shape index (κ1) is 16.2. The van der Waals surface area contributed by atoms with Crippen LogP contribution in [-0.2, 0) is 4.74 Å². The fraction of sp³-hybridized carbons (Fsp3) is 0.625. The number of methoxy groups -OCH3 is 2. The normalized spacial score (nSPS) is 24.8. The number of nitrogens with zero attached hydrogens (tertiary/aromatic N) is 1. The summed E-state index contributed by atoms with van der Waals surface area (Å²) in [5, 5.41) is 0. The summed E-state index contributed by atoms with van der Waals surface area (Å²) in [7, 11) is 3.31. The van der Waals surface area contributed by atoms with Crippen molar-refractivity contribution in [2.45, 2.75) is 38.0 Å². The summed E-state index contributed by atoms with van der Waals surface area (Å²) in [6.45, 7) is 3.40. The summed E-state index contributed by atoms with van der Waals surface area (Å²) in [6.07, 6.45) is 2.06. The summed E-state index contributed by atoms with van der Waals surface area (Å²) in [4.78, 5) is 2.26. The van der Waals surface area contributed by atoms with Gasteiger partial charge in [-0.25, -0.2) is 4.39 Å². The summed E-state index contributed by atoms with van der Waals surface area (Å²) < 4.78 is 25.0. The Bertz CT molecular complexity index is 470. The van der Waals surface area contributed by atoms with Crippen molar-refractivity contribution in [3.63, 3.8) is 0 Å². The third-order valence-corrected chi connectivity index (χ3v) is 4.47. The van der Waals surface area contributed by atoms with Gasteiger partial charge >= 0.3 is 0 Å². The summed E-state index contributed by atoms with van der Waals surface area (Å²) in [6, 6.07) is 5.07. The molecule has 118 valence electrons. The average molecular weight is 296 g/mol. The van der Waals surface area contributed by atoms with Gasteiger partial charge in [0, 0.05) is 37.8 Å².